The van der Waals surface area contributed by atoms with Crippen LogP contribution in [0.1, 0.15) is 25.3 Å². The summed E-state index contributed by atoms with van der Waals surface area (Å²) in [6.07, 6.45) is 1.17. The lowest BCUT2D eigenvalue weighted by Crippen LogP contribution is -2.27. The number of hydrogen-bond acceptors (Lipinski definition) is 3. The number of rotatable bonds is 10. The molecule has 1 amide bonds. The monoisotopic (exact) mass is 291 g/mol. The second-order valence-corrected chi connectivity index (χ2v) is 5.13. The standard InChI is InChI=1S/C17H25NO3/c1-14(2)13-20-11-9-18-17(19)8-5-10-21-16-7-4-6-15(3)12-16/h4,6-7,12H,1,5,8-11,13H2,2-3H3,(H,18,19). The molecule has 21 heavy (non-hydrogen) atoms. The Balaban J connectivity index is 2.02. The van der Waals surface area contributed by atoms with Crippen LogP contribution in [0, 0.1) is 6.92 Å². The molecule has 0 aliphatic rings. The lowest BCUT2D eigenvalue weighted by atomic mass is 10.2. The van der Waals surface area contributed by atoms with Gasteiger partial charge in [0.2, 0.25) is 5.91 Å². The van der Waals surface area contributed by atoms with Crippen molar-refractivity contribution in [2.75, 3.05) is 26.4 Å². The number of hydrogen-bond donors (Lipinski definition) is 1. The molecule has 1 N–H and O–H groups in total. The summed E-state index contributed by atoms with van der Waals surface area (Å²) in [5, 5.41) is 2.82. The highest BCUT2D eigenvalue weighted by Gasteiger charge is 2.01. The summed E-state index contributed by atoms with van der Waals surface area (Å²) in [6.45, 7) is 9.81. The Bertz CT molecular complexity index is 457. The summed E-state index contributed by atoms with van der Waals surface area (Å²) < 4.78 is 10.9. The molecule has 1 aromatic carbocycles. The topological polar surface area (TPSA) is 47.6 Å². The Hall–Kier alpha value is -1.81. The maximum absolute atomic E-state index is 11.6. The van der Waals surface area contributed by atoms with Crippen molar-refractivity contribution >= 4 is 5.91 Å². The Labute approximate surface area is 127 Å². The van der Waals surface area contributed by atoms with Crippen LogP contribution in [0.25, 0.3) is 0 Å². The van der Waals surface area contributed by atoms with Crippen LogP contribution in [-0.4, -0.2) is 32.3 Å². The molecule has 1 aromatic rings. The highest BCUT2D eigenvalue weighted by atomic mass is 16.5. The van der Waals surface area contributed by atoms with Gasteiger partial charge in [0.25, 0.3) is 0 Å². The van der Waals surface area contributed by atoms with E-state index in [0.29, 0.717) is 39.2 Å². The van der Waals surface area contributed by atoms with Crippen LogP contribution in [0.5, 0.6) is 5.75 Å². The van der Waals surface area contributed by atoms with E-state index < -0.39 is 0 Å². The summed E-state index contributed by atoms with van der Waals surface area (Å²) in [6, 6.07) is 7.89. The lowest BCUT2D eigenvalue weighted by Gasteiger charge is -2.08. The third-order valence-electron chi connectivity index (χ3n) is 2.72. The van der Waals surface area contributed by atoms with Crippen molar-refractivity contribution in [3.05, 3.63) is 42.0 Å². The molecule has 0 heterocycles. The highest BCUT2D eigenvalue weighted by Crippen LogP contribution is 2.12. The summed E-state index contributed by atoms with van der Waals surface area (Å²) in [7, 11) is 0. The first-order chi connectivity index (χ1) is 10.1. The normalized spacial score (nSPS) is 10.2. The smallest absolute Gasteiger partial charge is 0.220 e. The van der Waals surface area contributed by atoms with Gasteiger partial charge in [-0.05, 0) is 38.0 Å². The Morgan fingerprint density at radius 1 is 1.33 bits per heavy atom. The fourth-order valence-electron chi connectivity index (χ4n) is 1.73. The van der Waals surface area contributed by atoms with Crippen LogP contribution in [0.3, 0.4) is 0 Å². The molecule has 4 heteroatoms. The molecule has 0 saturated carbocycles. The van der Waals surface area contributed by atoms with E-state index in [-0.39, 0.29) is 5.91 Å². The van der Waals surface area contributed by atoms with Gasteiger partial charge in [0.05, 0.1) is 19.8 Å². The molecule has 0 fully saturated rings. The SMILES string of the molecule is C=C(C)COCCNC(=O)CCCOc1cccc(C)c1. The molecule has 0 saturated heterocycles. The van der Waals surface area contributed by atoms with Crippen molar-refractivity contribution < 1.29 is 14.3 Å². The number of amides is 1. The summed E-state index contributed by atoms with van der Waals surface area (Å²) in [5.74, 6) is 0.880. The van der Waals surface area contributed by atoms with Crippen LogP contribution in [0.2, 0.25) is 0 Å². The third-order valence-corrected chi connectivity index (χ3v) is 2.72. The molecule has 0 spiro atoms. The number of carbonyl (C=O) groups is 1. The van der Waals surface area contributed by atoms with Crippen LogP contribution in [0.15, 0.2) is 36.4 Å². The maximum Gasteiger partial charge on any atom is 0.220 e. The van der Waals surface area contributed by atoms with Gasteiger partial charge in [-0.25, -0.2) is 0 Å². The average molecular weight is 291 g/mol. The van der Waals surface area contributed by atoms with Crippen molar-refractivity contribution in [1.82, 2.24) is 5.32 Å². The van der Waals surface area contributed by atoms with Gasteiger partial charge in [-0.1, -0.05) is 24.3 Å². The van der Waals surface area contributed by atoms with Gasteiger partial charge in [0.1, 0.15) is 5.75 Å². The molecule has 0 bridgehead atoms. The molecular weight excluding hydrogens is 266 g/mol. The Morgan fingerprint density at radius 3 is 2.86 bits per heavy atom. The fraction of sp³-hybridized carbons (Fsp3) is 0.471. The zero-order chi connectivity index (χ0) is 15.5. The molecular formula is C17H25NO3. The van der Waals surface area contributed by atoms with Crippen molar-refractivity contribution in [3.63, 3.8) is 0 Å². The first kappa shape index (κ1) is 17.2. The quantitative estimate of drug-likeness (QED) is 0.532. The summed E-state index contributed by atoms with van der Waals surface area (Å²) in [5.41, 5.74) is 2.15. The lowest BCUT2D eigenvalue weighted by molar-refractivity contribution is -0.121. The molecule has 4 nitrogen and oxygen atoms in total. The largest absolute Gasteiger partial charge is 0.494 e. The molecule has 0 unspecified atom stereocenters. The van der Waals surface area contributed by atoms with Crippen LogP contribution >= 0.6 is 0 Å². The minimum absolute atomic E-state index is 0.0294. The third kappa shape index (κ3) is 8.87. The van der Waals surface area contributed by atoms with E-state index in [0.717, 1.165) is 11.3 Å². The van der Waals surface area contributed by atoms with E-state index in [1.807, 2.05) is 38.1 Å². The number of aryl methyl sites for hydroxylation is 1. The average Bonchev–Trinajstić information content (AvgIpc) is 2.43. The minimum Gasteiger partial charge on any atom is -0.494 e. The van der Waals surface area contributed by atoms with Crippen molar-refractivity contribution in [2.45, 2.75) is 26.7 Å². The van der Waals surface area contributed by atoms with Crippen LogP contribution in [-0.2, 0) is 9.53 Å². The molecule has 1 rings (SSSR count). The van der Waals surface area contributed by atoms with Gasteiger partial charge in [0, 0.05) is 13.0 Å². The number of ether oxygens (including phenoxy) is 2. The van der Waals surface area contributed by atoms with E-state index in [1.54, 1.807) is 0 Å². The van der Waals surface area contributed by atoms with Gasteiger partial charge >= 0.3 is 0 Å². The molecule has 0 radical (unpaired) electrons. The zero-order valence-corrected chi connectivity index (χ0v) is 13.0. The van der Waals surface area contributed by atoms with Crippen molar-refractivity contribution in [3.8, 4) is 5.75 Å². The second kappa shape index (κ2) is 10.00. The van der Waals surface area contributed by atoms with Crippen LogP contribution < -0.4 is 10.1 Å². The summed E-state index contributed by atoms with van der Waals surface area (Å²) in [4.78, 5) is 11.6. The predicted molar refractivity (Wildman–Crippen MR) is 84.6 cm³/mol. The van der Waals surface area contributed by atoms with Gasteiger partial charge in [-0.3, -0.25) is 4.79 Å². The number of carbonyl (C=O) groups excluding carboxylic acids is 1. The highest BCUT2D eigenvalue weighted by molar-refractivity contribution is 5.75. The van der Waals surface area contributed by atoms with Crippen molar-refractivity contribution in [1.29, 1.82) is 0 Å². The second-order valence-electron chi connectivity index (χ2n) is 5.13. The number of nitrogens with one attached hydrogen (secondary N) is 1. The summed E-state index contributed by atoms with van der Waals surface area (Å²) >= 11 is 0. The fourth-order valence-corrected chi connectivity index (χ4v) is 1.73. The molecule has 0 aromatic heterocycles. The van der Waals surface area contributed by atoms with E-state index in [9.17, 15) is 4.79 Å². The Kier molecular flexibility index (Phi) is 8.21. The van der Waals surface area contributed by atoms with E-state index in [2.05, 4.69) is 11.9 Å². The molecule has 0 atom stereocenters. The van der Waals surface area contributed by atoms with Gasteiger partial charge in [0.15, 0.2) is 0 Å². The van der Waals surface area contributed by atoms with Gasteiger partial charge in [-0.15, -0.1) is 0 Å². The van der Waals surface area contributed by atoms with Crippen molar-refractivity contribution in [2.24, 2.45) is 0 Å². The Morgan fingerprint density at radius 2 is 2.14 bits per heavy atom. The van der Waals surface area contributed by atoms with Crippen LogP contribution in [0.4, 0.5) is 0 Å². The maximum atomic E-state index is 11.6. The minimum atomic E-state index is 0.0294. The van der Waals surface area contributed by atoms with E-state index in [4.69, 9.17) is 9.47 Å². The van der Waals surface area contributed by atoms with E-state index in [1.165, 1.54) is 5.56 Å². The molecule has 0 aliphatic carbocycles. The predicted octanol–water partition coefficient (Wildman–Crippen LogP) is 2.86. The molecule has 0 aliphatic heterocycles. The zero-order valence-electron chi connectivity index (χ0n) is 13.0. The number of benzene rings is 1. The molecule has 116 valence electrons. The van der Waals surface area contributed by atoms with E-state index >= 15 is 0 Å². The first-order valence-corrected chi connectivity index (χ1v) is 7.26. The van der Waals surface area contributed by atoms with Gasteiger partial charge < -0.3 is 14.8 Å². The van der Waals surface area contributed by atoms with Gasteiger partial charge in [-0.2, -0.15) is 0 Å². The first-order valence-electron chi connectivity index (χ1n) is 7.26.